The number of benzene rings is 2. The van der Waals surface area contributed by atoms with Crippen LogP contribution in [0.5, 0.6) is 0 Å². The van der Waals surface area contributed by atoms with E-state index in [1.807, 2.05) is 47.4 Å². The van der Waals surface area contributed by atoms with Gasteiger partial charge in [-0.25, -0.2) is 0 Å². The Morgan fingerprint density at radius 1 is 0.920 bits per heavy atom. The van der Waals surface area contributed by atoms with Crippen LogP contribution in [0.4, 0.5) is 17.1 Å². The molecule has 2 saturated heterocycles. The summed E-state index contributed by atoms with van der Waals surface area (Å²) in [6, 6.07) is 18.0. The van der Waals surface area contributed by atoms with E-state index in [0.717, 1.165) is 50.6 Å². The first-order chi connectivity index (χ1) is 12.3. The van der Waals surface area contributed by atoms with Crippen LogP contribution in [0.3, 0.4) is 0 Å². The van der Waals surface area contributed by atoms with Crippen molar-refractivity contribution < 1.29 is 9.53 Å². The van der Waals surface area contributed by atoms with Gasteiger partial charge in [0.2, 0.25) is 5.91 Å². The van der Waals surface area contributed by atoms with Crippen LogP contribution in [0.1, 0.15) is 6.42 Å². The Hall–Kier alpha value is -2.53. The Labute approximate surface area is 148 Å². The zero-order valence-electron chi connectivity index (χ0n) is 14.2. The van der Waals surface area contributed by atoms with Gasteiger partial charge >= 0.3 is 0 Å². The number of hydrogen-bond donors (Lipinski definition) is 1. The van der Waals surface area contributed by atoms with Gasteiger partial charge in [0, 0.05) is 36.7 Å². The van der Waals surface area contributed by atoms with E-state index in [4.69, 9.17) is 4.74 Å². The normalized spacial score (nSPS) is 20.8. The monoisotopic (exact) mass is 337 g/mol. The van der Waals surface area contributed by atoms with E-state index >= 15 is 0 Å². The maximum atomic E-state index is 12.7. The molecule has 0 bridgehead atoms. The molecule has 2 heterocycles. The number of nitrogens with one attached hydrogen (secondary N) is 1. The zero-order chi connectivity index (χ0) is 17.1. The van der Waals surface area contributed by atoms with Crippen molar-refractivity contribution in [3.05, 3.63) is 54.6 Å². The van der Waals surface area contributed by atoms with E-state index in [-0.39, 0.29) is 11.9 Å². The van der Waals surface area contributed by atoms with Crippen molar-refractivity contribution in [2.45, 2.75) is 12.5 Å². The number of nitrogens with zero attached hydrogens (tertiary/aromatic N) is 2. The van der Waals surface area contributed by atoms with Gasteiger partial charge in [0.25, 0.3) is 0 Å². The fraction of sp³-hybridized carbons (Fsp3) is 0.350. The van der Waals surface area contributed by atoms with Crippen LogP contribution in [0.15, 0.2) is 54.6 Å². The molecule has 1 atom stereocenters. The molecule has 0 spiro atoms. The summed E-state index contributed by atoms with van der Waals surface area (Å²) in [5.41, 5.74) is 3.15. The average Bonchev–Trinajstić information content (AvgIpc) is 3.04. The SMILES string of the molecule is O=C1C(Nc2cccc(N3CCOCC3)c2)CCN1c1ccccc1. The Bertz CT molecular complexity index is 729. The van der Waals surface area contributed by atoms with E-state index < -0.39 is 0 Å². The second kappa shape index (κ2) is 7.15. The van der Waals surface area contributed by atoms with Gasteiger partial charge in [-0.3, -0.25) is 4.79 Å². The van der Waals surface area contributed by atoms with Gasteiger partial charge < -0.3 is 19.9 Å². The van der Waals surface area contributed by atoms with Crippen molar-refractivity contribution in [3.8, 4) is 0 Å². The first-order valence-corrected chi connectivity index (χ1v) is 8.87. The summed E-state index contributed by atoms with van der Waals surface area (Å²) in [5.74, 6) is 0.142. The highest BCUT2D eigenvalue weighted by molar-refractivity contribution is 6.01. The maximum absolute atomic E-state index is 12.7. The first-order valence-electron chi connectivity index (χ1n) is 8.87. The van der Waals surface area contributed by atoms with Crippen molar-refractivity contribution in [1.29, 1.82) is 0 Å². The molecule has 2 aromatic carbocycles. The fourth-order valence-corrected chi connectivity index (χ4v) is 3.49. The summed E-state index contributed by atoms with van der Waals surface area (Å²) in [6.45, 7) is 4.11. The van der Waals surface area contributed by atoms with Gasteiger partial charge in [0.15, 0.2) is 0 Å². The van der Waals surface area contributed by atoms with Crippen LogP contribution in [-0.2, 0) is 9.53 Å². The lowest BCUT2D eigenvalue weighted by Crippen LogP contribution is -2.36. The van der Waals surface area contributed by atoms with Gasteiger partial charge in [-0.15, -0.1) is 0 Å². The Balaban J connectivity index is 1.45. The van der Waals surface area contributed by atoms with Crippen molar-refractivity contribution in [2.75, 3.05) is 48.0 Å². The molecular weight excluding hydrogens is 314 g/mol. The van der Waals surface area contributed by atoms with Crippen molar-refractivity contribution >= 4 is 23.0 Å². The maximum Gasteiger partial charge on any atom is 0.249 e. The number of carbonyl (C=O) groups is 1. The Morgan fingerprint density at radius 2 is 1.68 bits per heavy atom. The van der Waals surface area contributed by atoms with Gasteiger partial charge in [-0.2, -0.15) is 0 Å². The van der Waals surface area contributed by atoms with Gasteiger partial charge in [0.05, 0.1) is 13.2 Å². The number of carbonyl (C=O) groups excluding carboxylic acids is 1. The summed E-state index contributed by atoms with van der Waals surface area (Å²) in [7, 11) is 0. The van der Waals surface area contributed by atoms with Crippen LogP contribution in [-0.4, -0.2) is 44.8 Å². The molecule has 1 N–H and O–H groups in total. The smallest absolute Gasteiger partial charge is 0.249 e. The third-order valence-electron chi connectivity index (χ3n) is 4.84. The van der Waals surface area contributed by atoms with Crippen LogP contribution >= 0.6 is 0 Å². The molecule has 2 fully saturated rings. The third-order valence-corrected chi connectivity index (χ3v) is 4.84. The number of morpholine rings is 1. The highest BCUT2D eigenvalue weighted by Crippen LogP contribution is 2.25. The number of amides is 1. The molecule has 0 radical (unpaired) electrons. The van der Waals surface area contributed by atoms with E-state index in [1.54, 1.807) is 0 Å². The van der Waals surface area contributed by atoms with Crippen molar-refractivity contribution in [3.63, 3.8) is 0 Å². The second-order valence-corrected chi connectivity index (χ2v) is 6.46. The number of rotatable bonds is 4. The van der Waals surface area contributed by atoms with Crippen LogP contribution in [0.25, 0.3) is 0 Å². The van der Waals surface area contributed by atoms with E-state index in [2.05, 4.69) is 22.3 Å². The van der Waals surface area contributed by atoms with Gasteiger partial charge in [0.1, 0.15) is 6.04 Å². The minimum atomic E-state index is -0.167. The standard InChI is InChI=1S/C20H23N3O2/c24-20-19(9-10-23(20)17-6-2-1-3-7-17)21-16-5-4-8-18(15-16)22-11-13-25-14-12-22/h1-8,15,19,21H,9-14H2. The third kappa shape index (κ3) is 3.46. The molecular formula is C20H23N3O2. The molecule has 0 aromatic heterocycles. The lowest BCUT2D eigenvalue weighted by atomic mass is 10.2. The molecule has 1 amide bonds. The Kier molecular flexibility index (Phi) is 4.57. The summed E-state index contributed by atoms with van der Waals surface area (Å²) in [5, 5.41) is 3.42. The minimum absolute atomic E-state index is 0.142. The number of para-hydroxylation sites is 1. The highest BCUT2D eigenvalue weighted by Gasteiger charge is 2.32. The van der Waals surface area contributed by atoms with Crippen molar-refractivity contribution in [1.82, 2.24) is 0 Å². The number of ether oxygens (including phenoxy) is 1. The lowest BCUT2D eigenvalue weighted by Gasteiger charge is -2.29. The fourth-order valence-electron chi connectivity index (χ4n) is 3.49. The summed E-state index contributed by atoms with van der Waals surface area (Å²) < 4.78 is 5.42. The van der Waals surface area contributed by atoms with Crippen LogP contribution in [0, 0.1) is 0 Å². The molecule has 2 aromatic rings. The highest BCUT2D eigenvalue weighted by atomic mass is 16.5. The molecule has 5 nitrogen and oxygen atoms in total. The summed E-state index contributed by atoms with van der Waals surface area (Å²) in [4.78, 5) is 16.9. The molecule has 4 rings (SSSR count). The summed E-state index contributed by atoms with van der Waals surface area (Å²) >= 11 is 0. The minimum Gasteiger partial charge on any atom is -0.378 e. The van der Waals surface area contributed by atoms with Gasteiger partial charge in [-0.1, -0.05) is 24.3 Å². The predicted molar refractivity (Wildman–Crippen MR) is 100 cm³/mol. The number of anilines is 3. The van der Waals surface area contributed by atoms with Crippen molar-refractivity contribution in [2.24, 2.45) is 0 Å². The number of hydrogen-bond acceptors (Lipinski definition) is 4. The summed E-state index contributed by atoms with van der Waals surface area (Å²) in [6.07, 6.45) is 0.815. The molecule has 0 aliphatic carbocycles. The molecule has 25 heavy (non-hydrogen) atoms. The molecule has 130 valence electrons. The largest absolute Gasteiger partial charge is 0.378 e. The average molecular weight is 337 g/mol. The Morgan fingerprint density at radius 3 is 2.48 bits per heavy atom. The lowest BCUT2D eigenvalue weighted by molar-refractivity contribution is -0.117. The van der Waals surface area contributed by atoms with Crippen LogP contribution in [0.2, 0.25) is 0 Å². The van der Waals surface area contributed by atoms with E-state index in [1.165, 1.54) is 5.69 Å². The molecule has 0 saturated carbocycles. The predicted octanol–water partition coefficient (Wildman–Crippen LogP) is 2.74. The second-order valence-electron chi connectivity index (χ2n) is 6.46. The first kappa shape index (κ1) is 16.0. The van der Waals surface area contributed by atoms with Gasteiger partial charge in [-0.05, 0) is 36.8 Å². The van der Waals surface area contributed by atoms with E-state index in [0.29, 0.717) is 0 Å². The van der Waals surface area contributed by atoms with E-state index in [9.17, 15) is 4.79 Å². The molecule has 1 unspecified atom stereocenters. The van der Waals surface area contributed by atoms with Crippen LogP contribution < -0.4 is 15.1 Å². The topological polar surface area (TPSA) is 44.8 Å². The molecule has 2 aliphatic rings. The zero-order valence-corrected chi connectivity index (χ0v) is 14.2. The molecule has 2 aliphatic heterocycles. The molecule has 5 heteroatoms. The quantitative estimate of drug-likeness (QED) is 0.932.